The summed E-state index contributed by atoms with van der Waals surface area (Å²) in [5.74, 6) is 0.414. The zero-order valence-electron chi connectivity index (χ0n) is 7.31. The van der Waals surface area contributed by atoms with E-state index < -0.39 is 0 Å². The van der Waals surface area contributed by atoms with Gasteiger partial charge in [0.15, 0.2) is 5.78 Å². The smallest absolute Gasteiger partial charge is 0.178 e. The van der Waals surface area contributed by atoms with Crippen molar-refractivity contribution in [3.05, 3.63) is 26.3 Å². The molecule has 0 aliphatic rings. The van der Waals surface area contributed by atoms with E-state index in [0.29, 0.717) is 16.3 Å². The minimum absolute atomic E-state index is 0.0336. The number of ether oxygens (including phenoxy) is 1. The summed E-state index contributed by atoms with van der Waals surface area (Å²) in [6.45, 7) is 0. The zero-order chi connectivity index (χ0) is 10.7. The number of hydrogen-bond acceptors (Lipinski definition) is 2. The summed E-state index contributed by atoms with van der Waals surface area (Å²) in [6.07, 6.45) is 0. The van der Waals surface area contributed by atoms with Gasteiger partial charge < -0.3 is 4.74 Å². The maximum absolute atomic E-state index is 11.6. The Balaban J connectivity index is 3.37. The predicted octanol–water partition coefficient (Wildman–Crippen LogP) is 3.53. The van der Waals surface area contributed by atoms with E-state index in [4.69, 9.17) is 16.3 Å². The molecule has 0 bridgehead atoms. The molecule has 0 heterocycles. The Morgan fingerprint density at radius 2 is 2.29 bits per heavy atom. The molecule has 0 saturated carbocycles. The highest BCUT2D eigenvalue weighted by molar-refractivity contribution is 14.1. The van der Waals surface area contributed by atoms with E-state index in [9.17, 15) is 4.79 Å². The Hall–Kier alpha value is 0.190. The average molecular weight is 389 g/mol. The van der Waals surface area contributed by atoms with Gasteiger partial charge in [0.25, 0.3) is 0 Å². The molecule has 76 valence electrons. The molecule has 0 aliphatic heterocycles. The molecule has 0 amide bonds. The third kappa shape index (κ3) is 2.41. The van der Waals surface area contributed by atoms with Crippen LogP contribution in [-0.4, -0.2) is 18.2 Å². The van der Waals surface area contributed by atoms with Crippen LogP contribution >= 0.6 is 50.1 Å². The monoisotopic (exact) mass is 388 g/mol. The van der Waals surface area contributed by atoms with Crippen molar-refractivity contribution < 1.29 is 9.53 Å². The van der Waals surface area contributed by atoms with Crippen LogP contribution in [0.5, 0.6) is 5.75 Å². The number of rotatable bonds is 3. The maximum Gasteiger partial charge on any atom is 0.178 e. The van der Waals surface area contributed by atoms with Gasteiger partial charge in [-0.15, -0.1) is 0 Å². The van der Waals surface area contributed by atoms with Crippen molar-refractivity contribution in [2.75, 3.05) is 12.4 Å². The molecule has 1 aromatic carbocycles. The lowest BCUT2D eigenvalue weighted by molar-refractivity contribution is 0.102. The SMILES string of the molecule is COc1c(Cl)ccc(I)c1C(=O)CBr. The number of hydrogen-bond donors (Lipinski definition) is 0. The minimum atomic E-state index is -0.0336. The van der Waals surface area contributed by atoms with Gasteiger partial charge in [-0.2, -0.15) is 0 Å². The van der Waals surface area contributed by atoms with E-state index >= 15 is 0 Å². The van der Waals surface area contributed by atoms with Gasteiger partial charge in [-0.25, -0.2) is 0 Å². The summed E-state index contributed by atoms with van der Waals surface area (Å²) < 4.78 is 5.94. The van der Waals surface area contributed by atoms with E-state index in [0.717, 1.165) is 3.57 Å². The first-order valence-electron chi connectivity index (χ1n) is 3.73. The fraction of sp³-hybridized carbons (Fsp3) is 0.222. The highest BCUT2D eigenvalue weighted by atomic mass is 127. The van der Waals surface area contributed by atoms with Crippen molar-refractivity contribution in [3.8, 4) is 5.75 Å². The average Bonchev–Trinajstić information content (AvgIpc) is 2.19. The Labute approximate surface area is 109 Å². The number of halogens is 3. The number of methoxy groups -OCH3 is 1. The lowest BCUT2D eigenvalue weighted by Crippen LogP contribution is -2.06. The number of carbonyl (C=O) groups excluding carboxylic acids is 1. The largest absolute Gasteiger partial charge is 0.494 e. The molecule has 5 heteroatoms. The number of alkyl halides is 1. The van der Waals surface area contributed by atoms with Crippen LogP contribution < -0.4 is 4.74 Å². The molecule has 0 unspecified atom stereocenters. The highest BCUT2D eigenvalue weighted by Gasteiger charge is 2.17. The quantitative estimate of drug-likeness (QED) is 0.449. The van der Waals surface area contributed by atoms with Gasteiger partial charge >= 0.3 is 0 Å². The van der Waals surface area contributed by atoms with Gasteiger partial charge in [0, 0.05) is 3.57 Å². The second kappa shape index (κ2) is 5.32. The molecule has 1 rings (SSSR count). The van der Waals surface area contributed by atoms with E-state index in [1.54, 1.807) is 12.1 Å². The van der Waals surface area contributed by atoms with Gasteiger partial charge in [-0.1, -0.05) is 27.5 Å². The molecular weight excluding hydrogens is 382 g/mol. The molecule has 2 nitrogen and oxygen atoms in total. The molecule has 0 saturated heterocycles. The van der Waals surface area contributed by atoms with Crippen molar-refractivity contribution in [1.82, 2.24) is 0 Å². The number of Topliss-reactive ketones (excluding diaryl/α,β-unsaturated/α-hetero) is 1. The summed E-state index contributed by atoms with van der Waals surface area (Å²) in [5, 5.41) is 0.719. The second-order valence-electron chi connectivity index (χ2n) is 2.49. The molecule has 0 atom stereocenters. The summed E-state index contributed by atoms with van der Waals surface area (Å²) in [5.41, 5.74) is 0.539. The number of ketones is 1. The summed E-state index contributed by atoms with van der Waals surface area (Å²) in [7, 11) is 1.50. The maximum atomic E-state index is 11.6. The van der Waals surface area contributed by atoms with Gasteiger partial charge in [-0.3, -0.25) is 4.79 Å². The predicted molar refractivity (Wildman–Crippen MR) is 68.8 cm³/mol. The molecule has 0 spiro atoms. The first-order chi connectivity index (χ1) is 6.61. The Morgan fingerprint density at radius 3 is 2.79 bits per heavy atom. The molecule has 1 aromatic rings. The zero-order valence-corrected chi connectivity index (χ0v) is 11.8. The lowest BCUT2D eigenvalue weighted by atomic mass is 10.1. The standard InChI is InChI=1S/C9H7BrClIO2/c1-14-9-5(11)2-3-6(12)8(9)7(13)4-10/h2-3H,4H2,1H3. The number of carbonyl (C=O) groups is 1. The Kier molecular flexibility index (Phi) is 4.66. The van der Waals surface area contributed by atoms with Crippen molar-refractivity contribution in [2.45, 2.75) is 0 Å². The molecule has 0 fully saturated rings. The first kappa shape index (κ1) is 12.3. The number of benzene rings is 1. The van der Waals surface area contributed by atoms with Crippen LogP contribution in [0.2, 0.25) is 5.02 Å². The molecule has 0 N–H and O–H groups in total. The van der Waals surface area contributed by atoms with E-state index in [2.05, 4.69) is 38.5 Å². The minimum Gasteiger partial charge on any atom is -0.494 e. The van der Waals surface area contributed by atoms with Gasteiger partial charge in [0.2, 0.25) is 0 Å². The van der Waals surface area contributed by atoms with E-state index in [-0.39, 0.29) is 11.1 Å². The second-order valence-corrected chi connectivity index (χ2v) is 4.62. The topological polar surface area (TPSA) is 26.3 Å². The fourth-order valence-corrected chi connectivity index (χ4v) is 2.30. The van der Waals surface area contributed by atoms with Crippen LogP contribution in [-0.2, 0) is 0 Å². The van der Waals surface area contributed by atoms with Crippen LogP contribution in [0.15, 0.2) is 12.1 Å². The Bertz CT molecular complexity index is 368. The van der Waals surface area contributed by atoms with Crippen LogP contribution in [0.1, 0.15) is 10.4 Å². The summed E-state index contributed by atoms with van der Waals surface area (Å²) in [4.78, 5) is 11.6. The molecule has 0 aromatic heterocycles. The normalized spacial score (nSPS) is 10.0. The first-order valence-corrected chi connectivity index (χ1v) is 6.30. The van der Waals surface area contributed by atoms with Gasteiger partial charge in [0.1, 0.15) is 5.75 Å². The van der Waals surface area contributed by atoms with Crippen molar-refractivity contribution in [2.24, 2.45) is 0 Å². The van der Waals surface area contributed by atoms with Crippen LogP contribution in [0.4, 0.5) is 0 Å². The van der Waals surface area contributed by atoms with Crippen molar-refractivity contribution in [3.63, 3.8) is 0 Å². The van der Waals surface area contributed by atoms with Crippen LogP contribution in [0, 0.1) is 3.57 Å². The molecule has 0 aliphatic carbocycles. The van der Waals surface area contributed by atoms with E-state index in [1.165, 1.54) is 7.11 Å². The fourth-order valence-electron chi connectivity index (χ4n) is 1.06. The van der Waals surface area contributed by atoms with Gasteiger partial charge in [0.05, 0.1) is 23.0 Å². The third-order valence-corrected chi connectivity index (χ3v) is 3.37. The summed E-state index contributed by atoms with van der Waals surface area (Å²) in [6, 6.07) is 3.51. The van der Waals surface area contributed by atoms with Crippen molar-refractivity contribution in [1.29, 1.82) is 0 Å². The summed E-state index contributed by atoms with van der Waals surface area (Å²) >= 11 is 11.1. The van der Waals surface area contributed by atoms with E-state index in [1.807, 2.05) is 0 Å². The molecule has 0 radical (unpaired) electrons. The van der Waals surface area contributed by atoms with Crippen molar-refractivity contribution >= 4 is 55.9 Å². The van der Waals surface area contributed by atoms with Crippen LogP contribution in [0.25, 0.3) is 0 Å². The highest BCUT2D eigenvalue weighted by Crippen LogP contribution is 2.32. The third-order valence-electron chi connectivity index (χ3n) is 1.66. The van der Waals surface area contributed by atoms with Gasteiger partial charge in [-0.05, 0) is 34.7 Å². The lowest BCUT2D eigenvalue weighted by Gasteiger charge is -2.09. The van der Waals surface area contributed by atoms with Crippen LogP contribution in [0.3, 0.4) is 0 Å². The molecule has 14 heavy (non-hydrogen) atoms. The molecular formula is C9H7BrClIO2. The Morgan fingerprint density at radius 1 is 1.64 bits per heavy atom.